The van der Waals surface area contributed by atoms with Crippen LogP contribution in [0.15, 0.2) is 29.9 Å². The molecule has 5 heteroatoms. The molecule has 0 aliphatic heterocycles. The average molecular weight is 292 g/mol. The summed E-state index contributed by atoms with van der Waals surface area (Å²) in [6.07, 6.45) is 3.62. The van der Waals surface area contributed by atoms with E-state index in [1.165, 1.54) is 4.88 Å². The number of nitrogens with zero attached hydrogens (tertiary/aromatic N) is 1. The largest absolute Gasteiger partial charge is 0.496 e. The molecule has 0 spiro atoms. The van der Waals surface area contributed by atoms with E-state index in [1.807, 2.05) is 24.6 Å². The summed E-state index contributed by atoms with van der Waals surface area (Å²) in [6.45, 7) is 5.59. The fraction of sp³-hybridized carbons (Fsp3) is 0.400. The van der Waals surface area contributed by atoms with Crippen molar-refractivity contribution in [1.29, 1.82) is 0 Å². The van der Waals surface area contributed by atoms with Gasteiger partial charge >= 0.3 is 0 Å². The number of hydrogen-bond acceptors (Lipinski definition) is 5. The zero-order chi connectivity index (χ0) is 14.4. The average Bonchev–Trinajstić information content (AvgIpc) is 2.94. The molecule has 0 radical (unpaired) electrons. The summed E-state index contributed by atoms with van der Waals surface area (Å²) in [4.78, 5) is 5.47. The van der Waals surface area contributed by atoms with Gasteiger partial charge < -0.3 is 14.8 Å². The summed E-state index contributed by atoms with van der Waals surface area (Å²) < 4.78 is 10.8. The van der Waals surface area contributed by atoms with Gasteiger partial charge in [0.2, 0.25) is 0 Å². The highest BCUT2D eigenvalue weighted by molar-refractivity contribution is 7.10. The predicted octanol–water partition coefficient (Wildman–Crippen LogP) is 3.25. The molecule has 0 aliphatic carbocycles. The first-order chi connectivity index (χ1) is 9.78. The second-order valence-electron chi connectivity index (χ2n) is 4.27. The summed E-state index contributed by atoms with van der Waals surface area (Å²) in [7, 11) is 1.69. The number of pyridine rings is 1. The Bertz CT molecular complexity index is 542. The van der Waals surface area contributed by atoms with Crippen molar-refractivity contribution in [2.75, 3.05) is 20.3 Å². The van der Waals surface area contributed by atoms with Gasteiger partial charge in [-0.1, -0.05) is 6.92 Å². The Labute approximate surface area is 123 Å². The molecular weight excluding hydrogens is 272 g/mol. The summed E-state index contributed by atoms with van der Waals surface area (Å²) in [5.41, 5.74) is 1.10. The lowest BCUT2D eigenvalue weighted by Crippen LogP contribution is -2.21. The lowest BCUT2D eigenvalue weighted by atomic mass is 10.1. The minimum absolute atomic E-state index is 0.113. The fourth-order valence-electron chi connectivity index (χ4n) is 2.02. The molecule has 0 fully saturated rings. The molecule has 1 unspecified atom stereocenters. The lowest BCUT2D eigenvalue weighted by Gasteiger charge is -2.17. The highest BCUT2D eigenvalue weighted by Crippen LogP contribution is 2.31. The molecule has 2 heterocycles. The third-order valence-corrected chi connectivity index (χ3v) is 3.88. The van der Waals surface area contributed by atoms with Gasteiger partial charge in [-0.2, -0.15) is 0 Å². The maximum absolute atomic E-state index is 5.53. The van der Waals surface area contributed by atoms with Gasteiger partial charge in [0.25, 0.3) is 0 Å². The highest BCUT2D eigenvalue weighted by atomic mass is 32.1. The third-order valence-electron chi connectivity index (χ3n) is 2.90. The van der Waals surface area contributed by atoms with Crippen LogP contribution in [0.1, 0.15) is 30.3 Å². The maximum atomic E-state index is 5.53. The molecular formula is C15H20N2O2S. The van der Waals surface area contributed by atoms with E-state index in [-0.39, 0.29) is 6.04 Å². The molecule has 2 aromatic heterocycles. The number of hydrogen-bond donors (Lipinski definition) is 1. The Hall–Kier alpha value is -1.59. The topological polar surface area (TPSA) is 43.4 Å². The first-order valence-corrected chi connectivity index (χ1v) is 7.60. The summed E-state index contributed by atoms with van der Waals surface area (Å²) in [6, 6.07) is 4.21. The van der Waals surface area contributed by atoms with Crippen LogP contribution in [0.5, 0.6) is 11.5 Å². The van der Waals surface area contributed by atoms with Crippen LogP contribution < -0.4 is 14.8 Å². The molecule has 0 aliphatic rings. The van der Waals surface area contributed by atoms with Crippen molar-refractivity contribution in [2.24, 2.45) is 0 Å². The molecule has 20 heavy (non-hydrogen) atoms. The van der Waals surface area contributed by atoms with Gasteiger partial charge in [-0.3, -0.25) is 4.98 Å². The quantitative estimate of drug-likeness (QED) is 0.850. The van der Waals surface area contributed by atoms with E-state index in [2.05, 4.69) is 23.3 Å². The lowest BCUT2D eigenvalue weighted by molar-refractivity contribution is 0.338. The molecule has 2 aromatic rings. The van der Waals surface area contributed by atoms with E-state index in [0.29, 0.717) is 6.61 Å². The van der Waals surface area contributed by atoms with Crippen molar-refractivity contribution in [3.05, 3.63) is 40.3 Å². The van der Waals surface area contributed by atoms with Crippen molar-refractivity contribution in [1.82, 2.24) is 10.3 Å². The Morgan fingerprint density at radius 3 is 2.75 bits per heavy atom. The van der Waals surface area contributed by atoms with Crippen LogP contribution in [-0.4, -0.2) is 25.2 Å². The number of rotatable bonds is 7. The van der Waals surface area contributed by atoms with Crippen molar-refractivity contribution in [2.45, 2.75) is 19.9 Å². The van der Waals surface area contributed by atoms with Crippen molar-refractivity contribution in [3.8, 4) is 11.5 Å². The molecule has 2 rings (SSSR count). The predicted molar refractivity (Wildman–Crippen MR) is 81.8 cm³/mol. The van der Waals surface area contributed by atoms with Crippen LogP contribution in [0.3, 0.4) is 0 Å². The standard InChI is InChI=1S/C15H20N2O2S/c1-4-17-15(14-7-13(18-3)10-20-14)11-6-12(19-5-2)9-16-8-11/h6-10,15,17H,4-5H2,1-3H3. The van der Waals surface area contributed by atoms with E-state index < -0.39 is 0 Å². The zero-order valence-corrected chi connectivity index (χ0v) is 12.9. The van der Waals surface area contributed by atoms with Crippen LogP contribution in [0, 0.1) is 0 Å². The van der Waals surface area contributed by atoms with Crippen LogP contribution in [0.2, 0.25) is 0 Å². The van der Waals surface area contributed by atoms with Crippen molar-refractivity contribution >= 4 is 11.3 Å². The normalized spacial score (nSPS) is 12.2. The Morgan fingerprint density at radius 2 is 2.10 bits per heavy atom. The fourth-order valence-corrected chi connectivity index (χ4v) is 2.97. The van der Waals surface area contributed by atoms with Crippen LogP contribution in [-0.2, 0) is 0 Å². The summed E-state index contributed by atoms with van der Waals surface area (Å²) in [5.74, 6) is 1.69. The van der Waals surface area contributed by atoms with Crippen LogP contribution in [0.4, 0.5) is 0 Å². The van der Waals surface area contributed by atoms with Gasteiger partial charge in [-0.25, -0.2) is 0 Å². The first-order valence-electron chi connectivity index (χ1n) is 6.72. The van der Waals surface area contributed by atoms with E-state index in [0.717, 1.165) is 23.6 Å². The van der Waals surface area contributed by atoms with Crippen molar-refractivity contribution < 1.29 is 9.47 Å². The van der Waals surface area contributed by atoms with Gasteiger partial charge in [-0.15, -0.1) is 11.3 Å². The van der Waals surface area contributed by atoms with Gasteiger partial charge in [0.1, 0.15) is 11.5 Å². The van der Waals surface area contributed by atoms with Gasteiger partial charge in [0.05, 0.1) is 26.0 Å². The Kier molecular flexibility index (Phi) is 5.38. The summed E-state index contributed by atoms with van der Waals surface area (Å²) >= 11 is 1.68. The Morgan fingerprint density at radius 1 is 1.25 bits per heavy atom. The van der Waals surface area contributed by atoms with Crippen molar-refractivity contribution in [3.63, 3.8) is 0 Å². The molecule has 0 saturated carbocycles. The molecule has 1 N–H and O–H groups in total. The van der Waals surface area contributed by atoms with Crippen LogP contribution >= 0.6 is 11.3 Å². The summed E-state index contributed by atoms with van der Waals surface area (Å²) in [5, 5.41) is 5.49. The molecule has 1 atom stereocenters. The smallest absolute Gasteiger partial charge is 0.137 e. The Balaban J connectivity index is 2.29. The highest BCUT2D eigenvalue weighted by Gasteiger charge is 2.16. The number of thiophene rings is 1. The van der Waals surface area contributed by atoms with E-state index >= 15 is 0 Å². The second kappa shape index (κ2) is 7.26. The number of methoxy groups -OCH3 is 1. The van der Waals surface area contributed by atoms with Crippen LogP contribution in [0.25, 0.3) is 0 Å². The number of ether oxygens (including phenoxy) is 2. The molecule has 0 amide bonds. The van der Waals surface area contributed by atoms with Gasteiger partial charge in [-0.05, 0) is 31.2 Å². The molecule has 0 saturated heterocycles. The second-order valence-corrected chi connectivity index (χ2v) is 5.21. The monoisotopic (exact) mass is 292 g/mol. The molecule has 4 nitrogen and oxygen atoms in total. The van der Waals surface area contributed by atoms with E-state index in [1.54, 1.807) is 24.6 Å². The van der Waals surface area contributed by atoms with Gasteiger partial charge in [0, 0.05) is 16.5 Å². The number of nitrogens with one attached hydrogen (secondary N) is 1. The van der Waals surface area contributed by atoms with E-state index in [4.69, 9.17) is 9.47 Å². The zero-order valence-electron chi connectivity index (χ0n) is 12.1. The molecule has 108 valence electrons. The minimum atomic E-state index is 0.113. The SMILES string of the molecule is CCNC(c1cncc(OCC)c1)c1cc(OC)cs1. The van der Waals surface area contributed by atoms with E-state index in [9.17, 15) is 0 Å². The first kappa shape index (κ1) is 14.8. The molecule has 0 aromatic carbocycles. The number of aromatic nitrogens is 1. The molecule has 0 bridgehead atoms. The van der Waals surface area contributed by atoms with Gasteiger partial charge in [0.15, 0.2) is 0 Å². The third kappa shape index (κ3) is 3.49. The minimum Gasteiger partial charge on any atom is -0.496 e. The maximum Gasteiger partial charge on any atom is 0.137 e.